The van der Waals surface area contributed by atoms with Gasteiger partial charge in [0.25, 0.3) is 5.91 Å². The lowest BCUT2D eigenvalue weighted by atomic mass is 10.1. The van der Waals surface area contributed by atoms with Crippen LogP contribution in [-0.4, -0.2) is 5.91 Å². The molecule has 0 aromatic heterocycles. The first-order chi connectivity index (χ1) is 9.38. The third-order valence-corrected chi connectivity index (χ3v) is 2.74. The minimum atomic E-state index is -1.10. The van der Waals surface area contributed by atoms with Gasteiger partial charge in [0.15, 0.2) is 0 Å². The van der Waals surface area contributed by atoms with E-state index in [1.54, 1.807) is 0 Å². The van der Waals surface area contributed by atoms with Crippen LogP contribution in [0, 0.1) is 17.5 Å². The van der Waals surface area contributed by atoms with Crippen LogP contribution >= 0.6 is 11.6 Å². The Kier molecular flexibility index (Phi) is 3.85. The second-order valence-electron chi connectivity index (χ2n) is 3.93. The number of halogens is 4. The highest BCUT2D eigenvalue weighted by Crippen LogP contribution is 2.22. The number of nitrogens with one attached hydrogen (secondary N) is 1. The Morgan fingerprint density at radius 2 is 1.75 bits per heavy atom. The van der Waals surface area contributed by atoms with Crippen LogP contribution in [0.15, 0.2) is 30.3 Å². The monoisotopic (exact) mass is 300 g/mol. The van der Waals surface area contributed by atoms with E-state index in [-0.39, 0.29) is 16.4 Å². The molecule has 7 heteroatoms. The molecule has 2 aromatic carbocycles. The van der Waals surface area contributed by atoms with Crippen molar-refractivity contribution in [1.29, 1.82) is 0 Å². The van der Waals surface area contributed by atoms with Crippen molar-refractivity contribution in [3.8, 4) is 0 Å². The van der Waals surface area contributed by atoms with Crippen LogP contribution in [-0.2, 0) is 0 Å². The van der Waals surface area contributed by atoms with Gasteiger partial charge in [-0.2, -0.15) is 0 Å². The normalized spacial score (nSPS) is 10.4. The van der Waals surface area contributed by atoms with Crippen LogP contribution in [0.1, 0.15) is 10.4 Å². The number of carbonyl (C=O) groups is 1. The van der Waals surface area contributed by atoms with Crippen molar-refractivity contribution in [2.24, 2.45) is 0 Å². The molecule has 0 unspecified atom stereocenters. The summed E-state index contributed by atoms with van der Waals surface area (Å²) in [6.07, 6.45) is 0. The summed E-state index contributed by atoms with van der Waals surface area (Å²) in [5.41, 5.74) is 4.16. The minimum Gasteiger partial charge on any atom is -0.396 e. The first-order valence-electron chi connectivity index (χ1n) is 5.39. The third-order valence-electron chi connectivity index (χ3n) is 2.51. The van der Waals surface area contributed by atoms with E-state index in [9.17, 15) is 18.0 Å². The average molecular weight is 301 g/mol. The summed E-state index contributed by atoms with van der Waals surface area (Å²) in [6, 6.07) is 4.83. The first-order valence-corrected chi connectivity index (χ1v) is 5.77. The van der Waals surface area contributed by atoms with Gasteiger partial charge in [-0.15, -0.1) is 0 Å². The summed E-state index contributed by atoms with van der Waals surface area (Å²) in [6.45, 7) is 0. The Balaban J connectivity index is 2.33. The Labute approximate surface area is 117 Å². The highest BCUT2D eigenvalue weighted by molar-refractivity contribution is 6.31. The molecule has 0 heterocycles. The zero-order chi connectivity index (χ0) is 14.9. The van der Waals surface area contributed by atoms with E-state index in [0.29, 0.717) is 6.07 Å². The number of rotatable bonds is 2. The summed E-state index contributed by atoms with van der Waals surface area (Å²) in [5.74, 6) is -3.78. The number of hydrogen-bond acceptors (Lipinski definition) is 2. The van der Waals surface area contributed by atoms with Crippen molar-refractivity contribution in [1.82, 2.24) is 0 Å². The number of nitrogens with two attached hydrogens (primary N) is 1. The van der Waals surface area contributed by atoms with Gasteiger partial charge in [0.1, 0.15) is 17.5 Å². The molecule has 2 aromatic rings. The molecule has 0 aliphatic heterocycles. The Bertz CT molecular complexity index is 692. The van der Waals surface area contributed by atoms with E-state index >= 15 is 0 Å². The number of benzene rings is 2. The zero-order valence-corrected chi connectivity index (χ0v) is 10.6. The van der Waals surface area contributed by atoms with Gasteiger partial charge in [-0.1, -0.05) is 11.6 Å². The number of amides is 1. The molecule has 0 fully saturated rings. The molecule has 0 spiro atoms. The van der Waals surface area contributed by atoms with Crippen LogP contribution in [0.3, 0.4) is 0 Å². The van der Waals surface area contributed by atoms with Gasteiger partial charge in [-0.3, -0.25) is 4.79 Å². The van der Waals surface area contributed by atoms with Gasteiger partial charge in [-0.25, -0.2) is 13.2 Å². The van der Waals surface area contributed by atoms with Crippen molar-refractivity contribution >= 4 is 28.9 Å². The van der Waals surface area contributed by atoms with Gasteiger partial charge >= 0.3 is 0 Å². The zero-order valence-electron chi connectivity index (χ0n) is 9.88. The van der Waals surface area contributed by atoms with Crippen molar-refractivity contribution in [3.63, 3.8) is 0 Å². The van der Waals surface area contributed by atoms with Crippen molar-refractivity contribution in [2.45, 2.75) is 0 Å². The van der Waals surface area contributed by atoms with E-state index in [0.717, 1.165) is 12.1 Å². The summed E-state index contributed by atoms with van der Waals surface area (Å²) in [7, 11) is 0. The van der Waals surface area contributed by atoms with E-state index < -0.39 is 28.9 Å². The molecular weight excluding hydrogens is 293 g/mol. The van der Waals surface area contributed by atoms with Gasteiger partial charge in [0.2, 0.25) is 0 Å². The molecule has 0 radical (unpaired) electrons. The van der Waals surface area contributed by atoms with Crippen LogP contribution in [0.4, 0.5) is 24.5 Å². The topological polar surface area (TPSA) is 55.1 Å². The van der Waals surface area contributed by atoms with E-state index in [4.69, 9.17) is 17.3 Å². The number of carbonyl (C=O) groups excluding carboxylic acids is 1. The standard InChI is InChI=1S/C13H8ClF3N2O/c14-6-1-2-8(15)12(3-6)19-13(20)7-4-11(18)10(17)5-9(7)16/h1-5H,18H2,(H,19,20). The predicted molar refractivity (Wildman–Crippen MR) is 70.1 cm³/mol. The van der Waals surface area contributed by atoms with E-state index in [1.807, 2.05) is 0 Å². The third kappa shape index (κ3) is 2.85. The first kappa shape index (κ1) is 14.2. The maximum atomic E-state index is 13.5. The average Bonchev–Trinajstić information content (AvgIpc) is 2.38. The number of nitrogen functional groups attached to an aromatic ring is 1. The number of anilines is 2. The highest BCUT2D eigenvalue weighted by atomic mass is 35.5. The molecule has 20 heavy (non-hydrogen) atoms. The lowest BCUT2D eigenvalue weighted by Gasteiger charge is -2.08. The minimum absolute atomic E-state index is 0.195. The fourth-order valence-electron chi connectivity index (χ4n) is 1.52. The van der Waals surface area contributed by atoms with Gasteiger partial charge < -0.3 is 11.1 Å². The second-order valence-corrected chi connectivity index (χ2v) is 4.37. The molecule has 0 aliphatic rings. The molecule has 0 atom stereocenters. The summed E-state index contributed by atoms with van der Waals surface area (Å²) in [4.78, 5) is 11.8. The smallest absolute Gasteiger partial charge is 0.258 e. The van der Waals surface area contributed by atoms with Crippen LogP contribution in [0.2, 0.25) is 5.02 Å². The molecular formula is C13H8ClF3N2O. The molecule has 0 saturated heterocycles. The maximum Gasteiger partial charge on any atom is 0.258 e. The van der Waals surface area contributed by atoms with E-state index in [1.165, 1.54) is 12.1 Å². The summed E-state index contributed by atoms with van der Waals surface area (Å²) < 4.78 is 39.9. The summed E-state index contributed by atoms with van der Waals surface area (Å²) >= 11 is 5.66. The highest BCUT2D eigenvalue weighted by Gasteiger charge is 2.16. The predicted octanol–water partition coefficient (Wildman–Crippen LogP) is 3.59. The molecule has 0 aliphatic carbocycles. The van der Waals surface area contributed by atoms with Crippen LogP contribution < -0.4 is 11.1 Å². The van der Waals surface area contributed by atoms with Gasteiger partial charge in [0.05, 0.1) is 16.9 Å². The molecule has 2 rings (SSSR count). The van der Waals surface area contributed by atoms with Gasteiger partial charge in [-0.05, 0) is 24.3 Å². The SMILES string of the molecule is Nc1cc(C(=O)Nc2cc(Cl)ccc2F)c(F)cc1F. The van der Waals surface area contributed by atoms with E-state index in [2.05, 4.69) is 5.32 Å². The lowest BCUT2D eigenvalue weighted by molar-refractivity contribution is 0.102. The summed E-state index contributed by atoms with van der Waals surface area (Å²) in [5, 5.41) is 2.33. The number of hydrogen-bond donors (Lipinski definition) is 2. The van der Waals surface area contributed by atoms with Crippen molar-refractivity contribution in [3.05, 3.63) is 58.4 Å². The van der Waals surface area contributed by atoms with Crippen LogP contribution in [0.25, 0.3) is 0 Å². The molecule has 0 bridgehead atoms. The Morgan fingerprint density at radius 1 is 1.05 bits per heavy atom. The van der Waals surface area contributed by atoms with Crippen molar-refractivity contribution in [2.75, 3.05) is 11.1 Å². The second kappa shape index (κ2) is 5.42. The quantitative estimate of drug-likeness (QED) is 0.833. The fraction of sp³-hybridized carbons (Fsp3) is 0. The molecule has 1 amide bonds. The Morgan fingerprint density at radius 3 is 2.45 bits per heavy atom. The Hall–Kier alpha value is -2.21. The molecule has 104 valence electrons. The molecule has 3 nitrogen and oxygen atoms in total. The van der Waals surface area contributed by atoms with Crippen LogP contribution in [0.5, 0.6) is 0 Å². The molecule has 0 saturated carbocycles. The molecule has 3 N–H and O–H groups in total. The van der Waals surface area contributed by atoms with Crippen molar-refractivity contribution < 1.29 is 18.0 Å². The maximum absolute atomic E-state index is 13.5. The fourth-order valence-corrected chi connectivity index (χ4v) is 1.69. The lowest BCUT2D eigenvalue weighted by Crippen LogP contribution is -2.15. The van der Waals surface area contributed by atoms with Gasteiger partial charge in [0, 0.05) is 11.1 Å². The largest absolute Gasteiger partial charge is 0.396 e.